The maximum absolute atomic E-state index is 12.7. The molecule has 0 radical (unpaired) electrons. The number of aromatic nitrogens is 1. The summed E-state index contributed by atoms with van der Waals surface area (Å²) in [7, 11) is 0. The van der Waals surface area contributed by atoms with Gasteiger partial charge in [-0.2, -0.15) is 13.2 Å². The van der Waals surface area contributed by atoms with Crippen molar-refractivity contribution in [3.8, 4) is 0 Å². The van der Waals surface area contributed by atoms with Gasteiger partial charge in [-0.3, -0.25) is 4.79 Å². The molecule has 1 aromatic heterocycles. The molecule has 0 saturated heterocycles. The van der Waals surface area contributed by atoms with Crippen molar-refractivity contribution < 1.29 is 27.9 Å². The summed E-state index contributed by atoms with van der Waals surface area (Å²) in [5.74, 6) is -1.98. The minimum Gasteiger partial charge on any atom is -0.478 e. The van der Waals surface area contributed by atoms with E-state index in [1.54, 1.807) is 6.92 Å². The molecule has 0 saturated carbocycles. The van der Waals surface area contributed by atoms with Gasteiger partial charge in [0.2, 0.25) is 5.91 Å². The molecular weight excluding hydrogens is 289 g/mol. The number of aromatic carboxylic acids is 1. The van der Waals surface area contributed by atoms with Crippen molar-refractivity contribution in [2.45, 2.75) is 39.5 Å². The average Bonchev–Trinajstić information content (AvgIpc) is 2.72. The van der Waals surface area contributed by atoms with E-state index >= 15 is 0 Å². The van der Waals surface area contributed by atoms with E-state index in [4.69, 9.17) is 5.11 Å². The number of hydrogen-bond donors (Lipinski definition) is 2. The van der Waals surface area contributed by atoms with E-state index in [1.165, 1.54) is 0 Å². The predicted octanol–water partition coefficient (Wildman–Crippen LogP) is 2.37. The highest BCUT2D eigenvalue weighted by molar-refractivity contribution is 5.89. The zero-order valence-corrected chi connectivity index (χ0v) is 11.9. The molecule has 1 aromatic rings. The van der Waals surface area contributed by atoms with Crippen molar-refractivity contribution in [1.29, 1.82) is 0 Å². The molecule has 2 N–H and O–H groups in total. The van der Waals surface area contributed by atoms with Crippen molar-refractivity contribution in [2.75, 3.05) is 0 Å². The van der Waals surface area contributed by atoms with Crippen LogP contribution in [0.3, 0.4) is 0 Å². The molecule has 0 aliphatic rings. The quantitative estimate of drug-likeness (QED) is 0.877. The average molecular weight is 306 g/mol. The molecule has 0 bridgehead atoms. The maximum atomic E-state index is 12.7. The van der Waals surface area contributed by atoms with Gasteiger partial charge in [0.25, 0.3) is 0 Å². The maximum Gasteiger partial charge on any atom is 0.418 e. The van der Waals surface area contributed by atoms with Crippen LogP contribution in [0.5, 0.6) is 0 Å². The fourth-order valence-corrected chi connectivity index (χ4v) is 1.63. The van der Waals surface area contributed by atoms with Crippen LogP contribution in [-0.4, -0.2) is 27.6 Å². The van der Waals surface area contributed by atoms with Gasteiger partial charge in [0, 0.05) is 18.4 Å². The van der Waals surface area contributed by atoms with Gasteiger partial charge < -0.3 is 15.0 Å². The number of carboxylic acids is 1. The third-order valence-electron chi connectivity index (χ3n) is 3.13. The Morgan fingerprint density at radius 1 is 1.29 bits per heavy atom. The van der Waals surface area contributed by atoms with Gasteiger partial charge in [-0.25, -0.2) is 4.79 Å². The molecule has 0 aromatic carbocycles. The molecule has 1 atom stereocenters. The summed E-state index contributed by atoms with van der Waals surface area (Å²) in [6.07, 6.45) is -3.34. The number of nitrogens with zero attached hydrogens (tertiary/aromatic N) is 1. The fraction of sp³-hybridized carbons (Fsp3) is 0.538. The highest BCUT2D eigenvalue weighted by atomic mass is 19.4. The third kappa shape index (κ3) is 4.51. The lowest BCUT2D eigenvalue weighted by atomic mass is 10.1. The van der Waals surface area contributed by atoms with Gasteiger partial charge in [-0.05, 0) is 12.8 Å². The number of carbonyl (C=O) groups excluding carboxylic acids is 1. The Morgan fingerprint density at radius 2 is 1.86 bits per heavy atom. The van der Waals surface area contributed by atoms with E-state index in [1.807, 2.05) is 13.8 Å². The standard InChI is InChI=1S/C13H17F3N2O3/c1-7(2)8(3)17-11(19)6-18-4-9(12(20)21)10(5-18)13(14,15)16/h4-5,7-8H,6H2,1-3H3,(H,17,19)(H,20,21). The second-order valence-corrected chi connectivity index (χ2v) is 5.16. The Kier molecular flexibility index (Phi) is 5.03. The number of carboxylic acid groups (broad SMARTS) is 1. The molecule has 0 spiro atoms. The lowest BCUT2D eigenvalue weighted by Crippen LogP contribution is -2.37. The zero-order valence-electron chi connectivity index (χ0n) is 11.9. The Labute approximate surface area is 119 Å². The van der Waals surface area contributed by atoms with E-state index in [9.17, 15) is 22.8 Å². The first-order valence-electron chi connectivity index (χ1n) is 6.32. The van der Waals surface area contributed by atoms with E-state index in [2.05, 4.69) is 5.32 Å². The Balaban J connectivity index is 2.91. The first-order chi connectivity index (χ1) is 9.52. The Hall–Kier alpha value is -1.99. The highest BCUT2D eigenvalue weighted by Crippen LogP contribution is 2.32. The largest absolute Gasteiger partial charge is 0.478 e. The molecule has 8 heteroatoms. The van der Waals surface area contributed by atoms with Crippen LogP contribution < -0.4 is 5.32 Å². The van der Waals surface area contributed by atoms with Crippen molar-refractivity contribution in [3.63, 3.8) is 0 Å². The third-order valence-corrected chi connectivity index (χ3v) is 3.13. The van der Waals surface area contributed by atoms with Crippen molar-refractivity contribution in [2.24, 2.45) is 5.92 Å². The Bertz CT molecular complexity index is 535. The van der Waals surface area contributed by atoms with E-state index in [0.29, 0.717) is 6.20 Å². The lowest BCUT2D eigenvalue weighted by Gasteiger charge is -2.17. The van der Waals surface area contributed by atoms with Gasteiger partial charge >= 0.3 is 12.1 Å². The van der Waals surface area contributed by atoms with E-state index in [-0.39, 0.29) is 18.5 Å². The minimum absolute atomic E-state index is 0.130. The molecule has 1 heterocycles. The first kappa shape index (κ1) is 17.1. The van der Waals surface area contributed by atoms with Gasteiger partial charge in [0.05, 0.1) is 11.1 Å². The van der Waals surface area contributed by atoms with Crippen LogP contribution in [0.1, 0.15) is 36.7 Å². The number of carbonyl (C=O) groups is 2. The second kappa shape index (κ2) is 6.19. The summed E-state index contributed by atoms with van der Waals surface area (Å²) in [6.45, 7) is 5.20. The van der Waals surface area contributed by atoms with Gasteiger partial charge in [0.1, 0.15) is 6.54 Å². The van der Waals surface area contributed by atoms with Crippen LogP contribution in [0.4, 0.5) is 13.2 Å². The molecule has 5 nitrogen and oxygen atoms in total. The molecule has 1 unspecified atom stereocenters. The van der Waals surface area contributed by atoms with Crippen molar-refractivity contribution in [1.82, 2.24) is 9.88 Å². The van der Waals surface area contributed by atoms with Crippen LogP contribution in [0, 0.1) is 5.92 Å². The molecule has 21 heavy (non-hydrogen) atoms. The molecule has 1 rings (SSSR count). The fourth-order valence-electron chi connectivity index (χ4n) is 1.63. The van der Waals surface area contributed by atoms with Crippen molar-refractivity contribution in [3.05, 3.63) is 23.5 Å². The minimum atomic E-state index is -4.78. The number of rotatable bonds is 5. The van der Waals surface area contributed by atoms with Crippen molar-refractivity contribution >= 4 is 11.9 Å². The number of nitrogens with one attached hydrogen (secondary N) is 1. The highest BCUT2D eigenvalue weighted by Gasteiger charge is 2.37. The number of hydrogen-bond acceptors (Lipinski definition) is 2. The summed E-state index contributed by atoms with van der Waals surface area (Å²) < 4.78 is 39.0. The van der Waals surface area contributed by atoms with Crippen LogP contribution in [-0.2, 0) is 17.5 Å². The number of alkyl halides is 3. The molecular formula is C13H17F3N2O3. The van der Waals surface area contributed by atoms with E-state index in [0.717, 1.165) is 10.8 Å². The lowest BCUT2D eigenvalue weighted by molar-refractivity contribution is -0.138. The monoisotopic (exact) mass is 306 g/mol. The Morgan fingerprint density at radius 3 is 2.24 bits per heavy atom. The van der Waals surface area contributed by atoms with Gasteiger partial charge in [-0.1, -0.05) is 13.8 Å². The molecule has 0 aliphatic carbocycles. The summed E-state index contributed by atoms with van der Waals surface area (Å²) in [4.78, 5) is 22.5. The zero-order chi connectivity index (χ0) is 16.4. The van der Waals surface area contributed by atoms with Crippen LogP contribution in [0.15, 0.2) is 12.4 Å². The SMILES string of the molecule is CC(C)C(C)NC(=O)Cn1cc(C(=O)O)c(C(F)(F)F)c1. The summed E-state index contributed by atoms with van der Waals surface area (Å²) in [5.41, 5.74) is -2.13. The predicted molar refractivity (Wildman–Crippen MR) is 68.8 cm³/mol. The first-order valence-corrected chi connectivity index (χ1v) is 6.32. The second-order valence-electron chi connectivity index (χ2n) is 5.16. The van der Waals surface area contributed by atoms with Crippen LogP contribution >= 0.6 is 0 Å². The molecule has 1 amide bonds. The topological polar surface area (TPSA) is 71.3 Å². The number of amides is 1. The summed E-state index contributed by atoms with van der Waals surface area (Å²) in [6, 6.07) is -0.130. The normalized spacial score (nSPS) is 13.3. The molecule has 0 aliphatic heterocycles. The van der Waals surface area contributed by atoms with Crippen LogP contribution in [0.2, 0.25) is 0 Å². The molecule has 0 fully saturated rings. The molecule has 118 valence electrons. The summed E-state index contributed by atoms with van der Waals surface area (Å²) in [5, 5.41) is 11.4. The smallest absolute Gasteiger partial charge is 0.418 e. The summed E-state index contributed by atoms with van der Waals surface area (Å²) >= 11 is 0. The van der Waals surface area contributed by atoms with E-state index < -0.39 is 29.2 Å². The van der Waals surface area contributed by atoms with Gasteiger partial charge in [-0.15, -0.1) is 0 Å². The van der Waals surface area contributed by atoms with Crippen LogP contribution in [0.25, 0.3) is 0 Å². The number of halogens is 3. The van der Waals surface area contributed by atoms with Gasteiger partial charge in [0.15, 0.2) is 0 Å².